The monoisotopic (exact) mass is 442 g/mol. The summed E-state index contributed by atoms with van der Waals surface area (Å²) in [5.74, 6) is -2.13. The van der Waals surface area contributed by atoms with Gasteiger partial charge in [-0.2, -0.15) is 0 Å². The van der Waals surface area contributed by atoms with Gasteiger partial charge in [-0.05, 0) is 44.4 Å². The summed E-state index contributed by atoms with van der Waals surface area (Å²) in [5, 5.41) is 12.5. The summed E-state index contributed by atoms with van der Waals surface area (Å²) >= 11 is 1.29. The summed E-state index contributed by atoms with van der Waals surface area (Å²) in [7, 11) is -2.49. The molecule has 1 aliphatic heterocycles. The molecule has 6 atom stereocenters. The standard InChI is InChI=1S/C17H28F2N2O5S2/c1-26-14-7-13(11(17(22)23)6-12(14)19)21-28(24,25)15-8-20-16(27-15)9-2-4-10(18)5-3-9/h9-16,20-21H,2-8H2,1H3,(H,22,23). The number of carboxylic acids is 1. The van der Waals surface area contributed by atoms with Gasteiger partial charge in [-0.1, -0.05) is 0 Å². The second-order valence-electron chi connectivity index (χ2n) is 7.88. The number of methoxy groups -OCH3 is 1. The molecule has 7 nitrogen and oxygen atoms in total. The first-order chi connectivity index (χ1) is 13.2. The van der Waals surface area contributed by atoms with Gasteiger partial charge < -0.3 is 15.2 Å². The molecular formula is C17H28F2N2O5S2. The molecule has 3 aliphatic rings. The first-order valence-electron chi connectivity index (χ1n) is 9.65. The second kappa shape index (κ2) is 9.11. The van der Waals surface area contributed by atoms with Crippen LogP contribution in [0.15, 0.2) is 0 Å². The van der Waals surface area contributed by atoms with Gasteiger partial charge in [-0.25, -0.2) is 21.9 Å². The number of alkyl halides is 2. The molecule has 0 radical (unpaired) electrons. The Hall–Kier alpha value is -0.490. The van der Waals surface area contributed by atoms with Crippen LogP contribution in [0.4, 0.5) is 8.78 Å². The molecule has 2 saturated carbocycles. The SMILES string of the molecule is COC1CC(NS(=O)(=O)C2CNC(C3CCC(F)CC3)S2)C(C(=O)O)CC1F. The Kier molecular flexibility index (Phi) is 7.23. The molecule has 0 aromatic heterocycles. The van der Waals surface area contributed by atoms with E-state index in [-0.39, 0.29) is 30.7 Å². The van der Waals surface area contributed by atoms with Gasteiger partial charge in [0, 0.05) is 19.7 Å². The fraction of sp³-hybridized carbons (Fsp3) is 0.941. The predicted octanol–water partition coefficient (Wildman–Crippen LogP) is 1.64. The summed E-state index contributed by atoms with van der Waals surface area (Å²) in [4.78, 5) is 11.5. The molecule has 0 aromatic carbocycles. The molecule has 11 heteroatoms. The lowest BCUT2D eigenvalue weighted by Gasteiger charge is -2.36. The number of halogens is 2. The van der Waals surface area contributed by atoms with E-state index in [0.29, 0.717) is 12.8 Å². The average Bonchev–Trinajstić information content (AvgIpc) is 3.14. The lowest BCUT2D eigenvalue weighted by Crippen LogP contribution is -2.53. The summed E-state index contributed by atoms with van der Waals surface area (Å²) in [5.41, 5.74) is 0. The quantitative estimate of drug-likeness (QED) is 0.574. The van der Waals surface area contributed by atoms with E-state index in [1.54, 1.807) is 0 Å². The van der Waals surface area contributed by atoms with Gasteiger partial charge >= 0.3 is 5.97 Å². The molecule has 2 aliphatic carbocycles. The maximum atomic E-state index is 14.0. The number of aliphatic carboxylic acids is 1. The lowest BCUT2D eigenvalue weighted by atomic mass is 9.82. The molecule has 6 unspecified atom stereocenters. The van der Waals surface area contributed by atoms with Crippen molar-refractivity contribution in [1.82, 2.24) is 10.0 Å². The van der Waals surface area contributed by atoms with Crippen LogP contribution >= 0.6 is 11.8 Å². The molecule has 0 bridgehead atoms. The predicted molar refractivity (Wildman–Crippen MR) is 102 cm³/mol. The summed E-state index contributed by atoms with van der Waals surface area (Å²) in [6.07, 6.45) is -0.892. The van der Waals surface area contributed by atoms with Crippen LogP contribution in [0.2, 0.25) is 0 Å². The van der Waals surface area contributed by atoms with Gasteiger partial charge in [0.15, 0.2) is 0 Å². The topological polar surface area (TPSA) is 105 Å². The molecule has 0 aromatic rings. The highest BCUT2D eigenvalue weighted by molar-refractivity contribution is 8.13. The highest BCUT2D eigenvalue weighted by Gasteiger charge is 2.45. The Morgan fingerprint density at radius 3 is 2.50 bits per heavy atom. The van der Waals surface area contributed by atoms with Crippen LogP contribution in [0.1, 0.15) is 38.5 Å². The van der Waals surface area contributed by atoms with E-state index in [0.717, 1.165) is 12.8 Å². The molecule has 0 amide bonds. The number of hydrogen-bond donors (Lipinski definition) is 3. The third-order valence-corrected chi connectivity index (χ3v) is 9.95. The van der Waals surface area contributed by atoms with E-state index in [9.17, 15) is 27.1 Å². The van der Waals surface area contributed by atoms with Crippen molar-refractivity contribution in [2.45, 2.75) is 73.0 Å². The summed E-state index contributed by atoms with van der Waals surface area (Å²) in [6, 6.07) is -0.916. The molecule has 3 fully saturated rings. The van der Waals surface area contributed by atoms with E-state index in [2.05, 4.69) is 10.0 Å². The molecule has 3 N–H and O–H groups in total. The van der Waals surface area contributed by atoms with Crippen molar-refractivity contribution in [1.29, 1.82) is 0 Å². The largest absolute Gasteiger partial charge is 0.481 e. The number of carbonyl (C=O) groups is 1. The van der Waals surface area contributed by atoms with Gasteiger partial charge in [-0.3, -0.25) is 4.79 Å². The molecule has 28 heavy (non-hydrogen) atoms. The van der Waals surface area contributed by atoms with Crippen LogP contribution < -0.4 is 10.0 Å². The lowest BCUT2D eigenvalue weighted by molar-refractivity contribution is -0.146. The zero-order valence-electron chi connectivity index (χ0n) is 15.7. The number of nitrogens with one attached hydrogen (secondary N) is 2. The number of ether oxygens (including phenoxy) is 1. The van der Waals surface area contributed by atoms with E-state index >= 15 is 0 Å². The van der Waals surface area contributed by atoms with Crippen LogP contribution in [0, 0.1) is 11.8 Å². The molecule has 1 heterocycles. The Bertz CT molecular complexity index is 660. The van der Waals surface area contributed by atoms with E-state index in [1.807, 2.05) is 0 Å². The van der Waals surface area contributed by atoms with Gasteiger partial charge in [0.2, 0.25) is 10.0 Å². The minimum absolute atomic E-state index is 0.0252. The Labute approximate surface area is 168 Å². The van der Waals surface area contributed by atoms with Gasteiger partial charge in [0.1, 0.15) is 16.9 Å². The minimum atomic E-state index is -3.82. The fourth-order valence-electron chi connectivity index (χ4n) is 4.37. The highest BCUT2D eigenvalue weighted by Crippen LogP contribution is 2.39. The zero-order chi connectivity index (χ0) is 20.5. The van der Waals surface area contributed by atoms with Crippen LogP contribution in [0.5, 0.6) is 0 Å². The van der Waals surface area contributed by atoms with Crippen molar-refractivity contribution in [2.24, 2.45) is 11.8 Å². The van der Waals surface area contributed by atoms with Crippen LogP contribution in [0.25, 0.3) is 0 Å². The van der Waals surface area contributed by atoms with Gasteiger partial charge in [-0.15, -0.1) is 11.8 Å². The van der Waals surface area contributed by atoms with Crippen molar-refractivity contribution in [3.8, 4) is 0 Å². The van der Waals surface area contributed by atoms with Crippen molar-refractivity contribution in [2.75, 3.05) is 13.7 Å². The number of sulfonamides is 1. The van der Waals surface area contributed by atoms with E-state index < -0.39 is 51.0 Å². The van der Waals surface area contributed by atoms with Crippen molar-refractivity contribution in [3.05, 3.63) is 0 Å². The van der Waals surface area contributed by atoms with Gasteiger partial charge in [0.25, 0.3) is 0 Å². The van der Waals surface area contributed by atoms with Crippen molar-refractivity contribution in [3.63, 3.8) is 0 Å². The number of carboxylic acid groups (broad SMARTS) is 1. The molecular weight excluding hydrogens is 414 g/mol. The fourth-order valence-corrected chi connectivity index (χ4v) is 7.84. The van der Waals surface area contributed by atoms with Crippen molar-refractivity contribution >= 4 is 27.8 Å². The molecule has 1 saturated heterocycles. The second-order valence-corrected chi connectivity index (χ2v) is 11.4. The Morgan fingerprint density at radius 2 is 1.89 bits per heavy atom. The Balaban J connectivity index is 1.63. The number of rotatable bonds is 6. The maximum Gasteiger partial charge on any atom is 0.308 e. The van der Waals surface area contributed by atoms with Crippen LogP contribution in [-0.2, 0) is 19.6 Å². The first kappa shape index (κ1) is 22.2. The zero-order valence-corrected chi connectivity index (χ0v) is 17.4. The highest BCUT2D eigenvalue weighted by atomic mass is 32.3. The smallest absolute Gasteiger partial charge is 0.308 e. The van der Waals surface area contributed by atoms with E-state index in [1.165, 1.54) is 18.9 Å². The average molecular weight is 443 g/mol. The van der Waals surface area contributed by atoms with Gasteiger partial charge in [0.05, 0.1) is 17.4 Å². The first-order valence-corrected chi connectivity index (χ1v) is 12.1. The van der Waals surface area contributed by atoms with E-state index in [4.69, 9.17) is 4.74 Å². The van der Waals surface area contributed by atoms with Crippen LogP contribution in [0.3, 0.4) is 0 Å². The summed E-state index contributed by atoms with van der Waals surface area (Å²) in [6.45, 7) is 0.240. The normalized spacial score (nSPS) is 42.4. The number of hydrogen-bond acceptors (Lipinski definition) is 6. The minimum Gasteiger partial charge on any atom is -0.481 e. The number of thioether (sulfide) groups is 1. The molecule has 0 spiro atoms. The third kappa shape index (κ3) is 4.97. The molecule has 162 valence electrons. The van der Waals surface area contributed by atoms with Crippen molar-refractivity contribution < 1.29 is 31.8 Å². The molecule has 3 rings (SSSR count). The maximum absolute atomic E-state index is 14.0. The summed E-state index contributed by atoms with van der Waals surface area (Å²) < 4.78 is 59.9. The Morgan fingerprint density at radius 1 is 1.21 bits per heavy atom. The third-order valence-electron chi connectivity index (χ3n) is 6.05. The van der Waals surface area contributed by atoms with Crippen LogP contribution in [-0.4, -0.2) is 67.6 Å².